The number of nitrogens with one attached hydrogen (secondary N) is 1. The van der Waals surface area contributed by atoms with E-state index in [0.717, 1.165) is 47.5 Å². The second kappa shape index (κ2) is 8.30. The van der Waals surface area contributed by atoms with Crippen LogP contribution in [0.5, 0.6) is 0 Å². The third-order valence-electron chi connectivity index (χ3n) is 5.08. The second-order valence-corrected chi connectivity index (χ2v) is 9.73. The molecule has 28 heavy (non-hydrogen) atoms. The minimum absolute atomic E-state index is 0.0807. The zero-order valence-electron chi connectivity index (χ0n) is 15.5. The Morgan fingerprint density at radius 1 is 1.36 bits per heavy atom. The summed E-state index contributed by atoms with van der Waals surface area (Å²) >= 11 is 8.37. The van der Waals surface area contributed by atoms with Crippen molar-refractivity contribution in [2.75, 3.05) is 24.2 Å². The molecule has 0 spiro atoms. The van der Waals surface area contributed by atoms with Gasteiger partial charge in [0, 0.05) is 37.3 Å². The number of hydrogen-bond acceptors (Lipinski definition) is 7. The predicted molar refractivity (Wildman–Crippen MR) is 116 cm³/mol. The first-order valence-electron chi connectivity index (χ1n) is 9.27. The lowest BCUT2D eigenvalue weighted by molar-refractivity contribution is -0.113. The molecule has 4 rings (SSSR count). The number of amides is 1. The maximum absolute atomic E-state index is 12.2. The Morgan fingerprint density at radius 2 is 2.21 bits per heavy atom. The van der Waals surface area contributed by atoms with Crippen LogP contribution in [-0.4, -0.2) is 48.7 Å². The van der Waals surface area contributed by atoms with Gasteiger partial charge in [-0.1, -0.05) is 48.3 Å². The Labute approximate surface area is 176 Å². The number of anilines is 1. The van der Waals surface area contributed by atoms with Gasteiger partial charge in [0.25, 0.3) is 5.56 Å². The molecule has 0 saturated carbocycles. The van der Waals surface area contributed by atoms with Crippen LogP contribution >= 0.6 is 35.3 Å². The van der Waals surface area contributed by atoms with Gasteiger partial charge >= 0.3 is 0 Å². The molecule has 1 amide bonds. The molecule has 4 heterocycles. The van der Waals surface area contributed by atoms with E-state index < -0.39 is 0 Å². The summed E-state index contributed by atoms with van der Waals surface area (Å²) < 4.78 is 2.65. The standard InChI is InChI=1S/C18H21N5O2S3/c1-2-15-20-21-17(28-15)19-14(24)10-27-18(26)22-7-11-6-12(9-22)13-4-3-5-16(25)23(13)8-11/h3-5,11-12H,2,6-10H2,1H3,(H,19,21,24)/t11-,12-/m0/s1. The summed E-state index contributed by atoms with van der Waals surface area (Å²) in [6.45, 7) is 4.38. The van der Waals surface area contributed by atoms with Gasteiger partial charge in [0.1, 0.15) is 9.33 Å². The van der Waals surface area contributed by atoms with Crippen molar-refractivity contribution in [2.45, 2.75) is 32.2 Å². The van der Waals surface area contributed by atoms with E-state index in [1.807, 2.05) is 23.6 Å². The van der Waals surface area contributed by atoms with E-state index in [-0.39, 0.29) is 17.2 Å². The van der Waals surface area contributed by atoms with Crippen molar-refractivity contribution >= 4 is 50.7 Å². The summed E-state index contributed by atoms with van der Waals surface area (Å²) in [5, 5.41) is 12.2. The molecule has 148 valence electrons. The predicted octanol–water partition coefficient (Wildman–Crippen LogP) is 2.34. The third kappa shape index (κ3) is 4.13. The fourth-order valence-corrected chi connectivity index (χ4v) is 5.55. The van der Waals surface area contributed by atoms with Crippen molar-refractivity contribution in [1.29, 1.82) is 0 Å². The number of rotatable bonds is 4. The minimum Gasteiger partial charge on any atom is -0.356 e. The fraction of sp³-hybridized carbons (Fsp3) is 0.500. The van der Waals surface area contributed by atoms with Crippen molar-refractivity contribution in [3.05, 3.63) is 39.3 Å². The lowest BCUT2D eigenvalue weighted by atomic mass is 9.83. The van der Waals surface area contributed by atoms with Crippen LogP contribution in [0.3, 0.4) is 0 Å². The summed E-state index contributed by atoms with van der Waals surface area (Å²) in [4.78, 5) is 26.5. The number of hydrogen-bond donors (Lipinski definition) is 1. The molecule has 0 aliphatic carbocycles. The molecule has 2 aromatic rings. The van der Waals surface area contributed by atoms with E-state index in [9.17, 15) is 9.59 Å². The van der Waals surface area contributed by atoms with Crippen molar-refractivity contribution in [2.24, 2.45) is 5.92 Å². The van der Waals surface area contributed by atoms with Gasteiger partial charge in [0.05, 0.1) is 5.75 Å². The molecule has 0 radical (unpaired) electrons. The van der Waals surface area contributed by atoms with Gasteiger partial charge in [-0.25, -0.2) is 0 Å². The molecule has 2 aromatic heterocycles. The molecule has 1 N–H and O–H groups in total. The molecule has 7 nitrogen and oxygen atoms in total. The van der Waals surface area contributed by atoms with Gasteiger partial charge in [-0.2, -0.15) is 0 Å². The third-order valence-corrected chi connectivity index (χ3v) is 7.59. The minimum atomic E-state index is -0.125. The zero-order chi connectivity index (χ0) is 19.7. The van der Waals surface area contributed by atoms with Crippen LogP contribution in [0.1, 0.15) is 30.0 Å². The highest BCUT2D eigenvalue weighted by Gasteiger charge is 2.35. The maximum Gasteiger partial charge on any atom is 0.250 e. The van der Waals surface area contributed by atoms with Gasteiger partial charge in [0.15, 0.2) is 0 Å². The molecular weight excluding hydrogens is 414 g/mol. The first-order valence-corrected chi connectivity index (χ1v) is 11.5. The van der Waals surface area contributed by atoms with Crippen LogP contribution in [0.2, 0.25) is 0 Å². The van der Waals surface area contributed by atoms with E-state index in [1.165, 1.54) is 23.1 Å². The summed E-state index contributed by atoms with van der Waals surface area (Å²) in [7, 11) is 0. The van der Waals surface area contributed by atoms with Gasteiger partial charge in [-0.3, -0.25) is 14.9 Å². The topological polar surface area (TPSA) is 80.1 Å². The number of pyridine rings is 1. The zero-order valence-corrected chi connectivity index (χ0v) is 17.9. The van der Waals surface area contributed by atoms with Gasteiger partial charge in [-0.15, -0.1) is 10.2 Å². The van der Waals surface area contributed by atoms with E-state index in [2.05, 4.69) is 20.4 Å². The summed E-state index contributed by atoms with van der Waals surface area (Å²) in [6, 6.07) is 5.51. The molecule has 2 atom stereocenters. The number of thioether (sulfide) groups is 1. The smallest absolute Gasteiger partial charge is 0.250 e. The Morgan fingerprint density at radius 3 is 3.00 bits per heavy atom. The quantitative estimate of drug-likeness (QED) is 0.739. The maximum atomic E-state index is 12.2. The van der Waals surface area contributed by atoms with Crippen LogP contribution in [0, 0.1) is 5.92 Å². The summed E-state index contributed by atoms with van der Waals surface area (Å²) in [5.74, 6) is 0.845. The molecule has 10 heteroatoms. The SMILES string of the molecule is CCc1nnc(NC(=O)CSC(=S)N2C[C@@H]3C[C@@H](C2)c2cccc(=O)n2C3)s1. The van der Waals surface area contributed by atoms with E-state index in [0.29, 0.717) is 17.0 Å². The van der Waals surface area contributed by atoms with Gasteiger partial charge < -0.3 is 9.47 Å². The molecule has 2 aliphatic heterocycles. The highest BCUT2D eigenvalue weighted by Crippen LogP contribution is 2.36. The lowest BCUT2D eigenvalue weighted by Gasteiger charge is -2.43. The first kappa shape index (κ1) is 19.5. The molecule has 2 aliphatic rings. The van der Waals surface area contributed by atoms with Gasteiger partial charge in [-0.05, 0) is 24.8 Å². The van der Waals surface area contributed by atoms with Gasteiger partial charge in [0.2, 0.25) is 11.0 Å². The van der Waals surface area contributed by atoms with Crippen LogP contribution < -0.4 is 10.9 Å². The number of carbonyl (C=O) groups is 1. The van der Waals surface area contributed by atoms with Crippen molar-refractivity contribution in [3.8, 4) is 0 Å². The van der Waals surface area contributed by atoms with E-state index >= 15 is 0 Å². The molecule has 0 unspecified atom stereocenters. The first-order chi connectivity index (χ1) is 13.5. The number of aryl methyl sites for hydroxylation is 1. The molecule has 2 bridgehead atoms. The highest BCUT2D eigenvalue weighted by molar-refractivity contribution is 8.23. The highest BCUT2D eigenvalue weighted by atomic mass is 32.2. The largest absolute Gasteiger partial charge is 0.356 e. The molecule has 1 saturated heterocycles. The summed E-state index contributed by atoms with van der Waals surface area (Å²) in [6.07, 6.45) is 1.89. The average molecular weight is 436 g/mol. The number of likely N-dealkylation sites (tertiary alicyclic amines) is 1. The Bertz CT molecular complexity index is 957. The average Bonchev–Trinajstić information content (AvgIpc) is 3.14. The molecule has 0 aromatic carbocycles. The van der Waals surface area contributed by atoms with Crippen molar-refractivity contribution < 1.29 is 4.79 Å². The van der Waals surface area contributed by atoms with Crippen molar-refractivity contribution in [1.82, 2.24) is 19.7 Å². The normalized spacial score (nSPS) is 20.5. The number of thiocarbonyl (C=S) groups is 1. The van der Waals surface area contributed by atoms with Crippen LogP contribution in [-0.2, 0) is 17.8 Å². The lowest BCUT2D eigenvalue weighted by Crippen LogP contribution is -2.48. The Kier molecular flexibility index (Phi) is 5.79. The van der Waals surface area contributed by atoms with E-state index in [4.69, 9.17) is 12.2 Å². The van der Waals surface area contributed by atoms with Crippen LogP contribution in [0.4, 0.5) is 5.13 Å². The van der Waals surface area contributed by atoms with Crippen LogP contribution in [0.15, 0.2) is 23.0 Å². The second-order valence-electron chi connectivity index (χ2n) is 7.06. The number of aromatic nitrogens is 3. The number of nitrogens with zero attached hydrogens (tertiary/aromatic N) is 4. The monoisotopic (exact) mass is 435 g/mol. The Hall–Kier alpha value is -1.78. The summed E-state index contributed by atoms with van der Waals surface area (Å²) in [5.41, 5.74) is 1.18. The number of piperidine rings is 1. The van der Waals surface area contributed by atoms with Crippen LogP contribution in [0.25, 0.3) is 0 Å². The fourth-order valence-electron chi connectivity index (χ4n) is 3.87. The number of carbonyl (C=O) groups excluding carboxylic acids is 1. The molecule has 1 fully saturated rings. The van der Waals surface area contributed by atoms with Crippen molar-refractivity contribution in [3.63, 3.8) is 0 Å². The number of fused-ring (bicyclic) bond motifs is 4. The van der Waals surface area contributed by atoms with E-state index in [1.54, 1.807) is 6.07 Å². The molecular formula is C18H21N5O2S3. The Balaban J connectivity index is 1.33.